The SMILES string of the molecule is [NH3+]C[C@@H](CC[C@H]([NH3+])C(=O)O)O[C@@H]1O[C@H](CO)[C@H](O)[C@H](O)[C@H]1O[C@H]1O[C@H](CO)[C@@H](O)[C@H](O)[C@H]1O. The van der Waals surface area contributed by atoms with Crippen molar-refractivity contribution in [1.82, 2.24) is 0 Å². The van der Waals surface area contributed by atoms with Crippen LogP contribution in [0.2, 0.25) is 0 Å². The molecule has 0 aliphatic carbocycles. The minimum atomic E-state index is -1.78. The minimum absolute atomic E-state index is 0.148. The summed E-state index contributed by atoms with van der Waals surface area (Å²) in [6, 6.07) is -0.895. The predicted octanol–water partition coefficient (Wildman–Crippen LogP) is -7.29. The molecule has 0 saturated carbocycles. The number of ether oxygens (including phenoxy) is 4. The van der Waals surface area contributed by atoms with Crippen LogP contribution in [0.4, 0.5) is 0 Å². The Morgan fingerprint density at radius 1 is 0.848 bits per heavy atom. The molecule has 15 heteroatoms. The van der Waals surface area contributed by atoms with Gasteiger partial charge in [0.2, 0.25) is 0 Å². The maximum atomic E-state index is 11.0. The first-order valence-electron chi connectivity index (χ1n) is 10.6. The van der Waals surface area contributed by atoms with Crippen LogP contribution >= 0.6 is 0 Å². The van der Waals surface area contributed by atoms with Crippen molar-refractivity contribution in [3.8, 4) is 0 Å². The predicted molar refractivity (Wildman–Crippen MR) is 103 cm³/mol. The molecule has 0 aromatic heterocycles. The molecule has 2 aliphatic heterocycles. The molecule has 2 heterocycles. The van der Waals surface area contributed by atoms with Gasteiger partial charge in [-0.2, -0.15) is 0 Å². The molecule has 0 aromatic carbocycles. The van der Waals surface area contributed by atoms with Crippen molar-refractivity contribution in [1.29, 1.82) is 0 Å². The maximum absolute atomic E-state index is 11.0. The van der Waals surface area contributed by atoms with Gasteiger partial charge in [-0.05, 0) is 6.42 Å². The van der Waals surface area contributed by atoms with Crippen LogP contribution in [0, 0.1) is 0 Å². The van der Waals surface area contributed by atoms with Crippen molar-refractivity contribution in [3.63, 3.8) is 0 Å². The lowest BCUT2D eigenvalue weighted by Crippen LogP contribution is -2.66. The molecule has 0 amide bonds. The van der Waals surface area contributed by atoms with Gasteiger partial charge in [0.25, 0.3) is 0 Å². The van der Waals surface area contributed by atoms with E-state index in [-0.39, 0.29) is 19.4 Å². The average molecular weight is 488 g/mol. The smallest absolute Gasteiger partial charge is 0.362 e. The van der Waals surface area contributed by atoms with Gasteiger partial charge in [0.15, 0.2) is 18.6 Å². The average Bonchev–Trinajstić information content (AvgIpc) is 2.80. The standard InChI is InChI=1S/C18H34N2O13/c19-3-6(1-2-7(20)16(28)29)30-18-15(13(26)11(24)9(5-22)32-18)33-17-14(27)12(25)10(23)8(4-21)31-17/h6-15,17-18,21-27H,1-5,19-20H2,(H,28,29)/p+2/t6-,7+,8-,9-,10-,11+,12+,13+,14-,15-,17-,18-/m1/s1. The zero-order valence-corrected chi connectivity index (χ0v) is 18.0. The molecule has 0 spiro atoms. The van der Waals surface area contributed by atoms with Gasteiger partial charge in [0.1, 0.15) is 61.5 Å². The van der Waals surface area contributed by atoms with Gasteiger partial charge in [-0.15, -0.1) is 0 Å². The highest BCUT2D eigenvalue weighted by Gasteiger charge is 2.51. The second kappa shape index (κ2) is 12.6. The maximum Gasteiger partial charge on any atom is 0.362 e. The quantitative estimate of drug-likeness (QED) is 0.130. The zero-order valence-electron chi connectivity index (χ0n) is 18.0. The Hall–Kier alpha value is -1.05. The van der Waals surface area contributed by atoms with Crippen LogP contribution in [0.25, 0.3) is 0 Å². The van der Waals surface area contributed by atoms with E-state index < -0.39 is 92.7 Å². The third kappa shape index (κ3) is 6.76. The van der Waals surface area contributed by atoms with Crippen LogP contribution in [0.3, 0.4) is 0 Å². The van der Waals surface area contributed by atoms with Gasteiger partial charge in [0.05, 0.1) is 13.2 Å². The van der Waals surface area contributed by atoms with E-state index in [9.17, 15) is 40.5 Å². The fourth-order valence-corrected chi connectivity index (χ4v) is 3.63. The van der Waals surface area contributed by atoms with Crippen LogP contribution < -0.4 is 11.5 Å². The number of aliphatic hydroxyl groups is 7. The fraction of sp³-hybridized carbons (Fsp3) is 0.944. The second-order valence-corrected chi connectivity index (χ2v) is 8.16. The van der Waals surface area contributed by atoms with Crippen LogP contribution in [0.5, 0.6) is 0 Å². The number of carboxylic acids is 1. The third-order valence-electron chi connectivity index (χ3n) is 5.80. The molecule has 15 nitrogen and oxygen atoms in total. The number of hydrogen-bond donors (Lipinski definition) is 10. The highest BCUT2D eigenvalue weighted by molar-refractivity contribution is 5.71. The molecule has 194 valence electrons. The van der Waals surface area contributed by atoms with E-state index >= 15 is 0 Å². The van der Waals surface area contributed by atoms with Crippen LogP contribution in [0.15, 0.2) is 0 Å². The molecule has 2 fully saturated rings. The molecule has 12 atom stereocenters. The molecular weight excluding hydrogens is 452 g/mol. The Balaban J connectivity index is 2.18. The summed E-state index contributed by atoms with van der Waals surface area (Å²) < 4.78 is 22.2. The van der Waals surface area contributed by atoms with Crippen LogP contribution in [-0.2, 0) is 23.7 Å². The van der Waals surface area contributed by atoms with Gasteiger partial charge in [-0.3, -0.25) is 0 Å². The third-order valence-corrected chi connectivity index (χ3v) is 5.80. The molecule has 2 aliphatic rings. The lowest BCUT2D eigenvalue weighted by molar-refractivity contribution is -0.419. The largest absolute Gasteiger partial charge is 0.477 e. The summed E-state index contributed by atoms with van der Waals surface area (Å²) in [5.74, 6) is -1.09. The van der Waals surface area contributed by atoms with E-state index in [2.05, 4.69) is 11.5 Å². The van der Waals surface area contributed by atoms with Crippen LogP contribution in [0.1, 0.15) is 12.8 Å². The summed E-state index contributed by atoms with van der Waals surface area (Å²) in [6.07, 6.45) is -15.9. The second-order valence-electron chi connectivity index (χ2n) is 8.16. The fourth-order valence-electron chi connectivity index (χ4n) is 3.63. The van der Waals surface area contributed by atoms with Crippen molar-refractivity contribution in [3.05, 3.63) is 0 Å². The summed E-state index contributed by atoms with van der Waals surface area (Å²) in [5.41, 5.74) is 7.26. The summed E-state index contributed by atoms with van der Waals surface area (Å²) in [5, 5.41) is 78.8. The molecule has 0 bridgehead atoms. The summed E-state index contributed by atoms with van der Waals surface area (Å²) >= 11 is 0. The Labute approximate surface area is 189 Å². The van der Waals surface area contributed by atoms with Crippen molar-refractivity contribution < 1.29 is 76.1 Å². The summed E-state index contributed by atoms with van der Waals surface area (Å²) in [4.78, 5) is 11.0. The molecular formula is C18H36N2O13+2. The van der Waals surface area contributed by atoms with Gasteiger partial charge in [0, 0.05) is 6.42 Å². The first kappa shape index (κ1) is 28.2. The van der Waals surface area contributed by atoms with Crippen molar-refractivity contribution in [2.24, 2.45) is 0 Å². The summed E-state index contributed by atoms with van der Waals surface area (Å²) in [7, 11) is 0. The van der Waals surface area contributed by atoms with Gasteiger partial charge >= 0.3 is 5.97 Å². The number of rotatable bonds is 11. The first-order chi connectivity index (χ1) is 15.5. The molecule has 0 aromatic rings. The molecule has 14 N–H and O–H groups in total. The van der Waals surface area contributed by atoms with Crippen molar-refractivity contribution in [2.45, 2.75) is 86.4 Å². The van der Waals surface area contributed by atoms with Crippen molar-refractivity contribution >= 4 is 5.97 Å². The minimum Gasteiger partial charge on any atom is -0.477 e. The van der Waals surface area contributed by atoms with E-state index in [1.54, 1.807) is 0 Å². The van der Waals surface area contributed by atoms with E-state index in [0.717, 1.165) is 0 Å². The van der Waals surface area contributed by atoms with Gasteiger partial charge < -0.3 is 71.3 Å². The van der Waals surface area contributed by atoms with Crippen LogP contribution in [-0.4, -0.2) is 140 Å². The number of carbonyl (C=O) groups is 1. The topological polar surface area (TPSA) is 271 Å². The zero-order chi connectivity index (χ0) is 24.9. The Morgan fingerprint density at radius 3 is 1.91 bits per heavy atom. The summed E-state index contributed by atoms with van der Waals surface area (Å²) in [6.45, 7) is -1.20. The Morgan fingerprint density at radius 2 is 1.39 bits per heavy atom. The van der Waals surface area contributed by atoms with Crippen molar-refractivity contribution in [2.75, 3.05) is 19.8 Å². The monoisotopic (exact) mass is 488 g/mol. The number of carboxylic acid groups (broad SMARTS) is 1. The number of quaternary nitrogens is 2. The molecule has 2 rings (SSSR count). The van der Waals surface area contributed by atoms with Gasteiger partial charge in [-0.25, -0.2) is 4.79 Å². The molecule has 33 heavy (non-hydrogen) atoms. The van der Waals surface area contributed by atoms with E-state index in [1.807, 2.05) is 0 Å². The molecule has 0 unspecified atom stereocenters. The lowest BCUT2D eigenvalue weighted by Gasteiger charge is -2.46. The lowest BCUT2D eigenvalue weighted by atomic mass is 9.97. The highest BCUT2D eigenvalue weighted by atomic mass is 16.8. The Kier molecular flexibility index (Phi) is 10.8. The van der Waals surface area contributed by atoms with E-state index in [1.165, 1.54) is 0 Å². The number of aliphatic carboxylic acids is 1. The Bertz CT molecular complexity index is 614. The number of aliphatic hydroxyl groups excluding tert-OH is 7. The first-order valence-corrected chi connectivity index (χ1v) is 10.6. The van der Waals surface area contributed by atoms with E-state index in [0.29, 0.717) is 0 Å². The van der Waals surface area contributed by atoms with E-state index in [4.69, 9.17) is 24.1 Å². The molecule has 2 saturated heterocycles. The highest BCUT2D eigenvalue weighted by Crippen LogP contribution is 2.30. The normalized spacial score (nSPS) is 41.5. The molecule has 0 radical (unpaired) electrons. The van der Waals surface area contributed by atoms with Gasteiger partial charge in [-0.1, -0.05) is 0 Å². The number of hydrogen-bond acceptors (Lipinski definition) is 12.